The second-order valence-corrected chi connectivity index (χ2v) is 2.99. The van der Waals surface area contributed by atoms with Gasteiger partial charge in [0.1, 0.15) is 0 Å². The minimum atomic E-state index is -0.394. The van der Waals surface area contributed by atoms with E-state index in [1.54, 1.807) is 0 Å². The molecule has 0 aromatic rings. The number of hydrogen-bond donors (Lipinski definition) is 0. The molecule has 0 saturated heterocycles. The highest BCUT2D eigenvalue weighted by Gasteiger charge is 2.20. The third-order valence-electron chi connectivity index (χ3n) is 1.98. The number of methoxy groups -OCH3 is 2. The van der Waals surface area contributed by atoms with Gasteiger partial charge in [-0.25, -0.2) is 0 Å². The van der Waals surface area contributed by atoms with Crippen molar-refractivity contribution in [2.24, 2.45) is 5.92 Å². The van der Waals surface area contributed by atoms with Crippen molar-refractivity contribution in [1.29, 1.82) is 0 Å². The van der Waals surface area contributed by atoms with E-state index >= 15 is 0 Å². The summed E-state index contributed by atoms with van der Waals surface area (Å²) in [5.41, 5.74) is 0. The second-order valence-electron chi connectivity index (χ2n) is 2.99. The lowest BCUT2D eigenvalue weighted by atomic mass is 10.0. The predicted molar refractivity (Wildman–Crippen MR) is 53.2 cm³/mol. The number of rotatable bonds is 7. The van der Waals surface area contributed by atoms with Gasteiger partial charge in [-0.1, -0.05) is 0 Å². The fraction of sp³-hybridized carbons (Fsp3) is 0.800. The normalized spacial score (nSPS) is 11.9. The Morgan fingerprint density at radius 3 is 2.33 bits per heavy atom. The summed E-state index contributed by atoms with van der Waals surface area (Å²) in [4.78, 5) is 22.2. The maximum Gasteiger partial charge on any atom is 0.311 e. The van der Waals surface area contributed by atoms with Crippen LogP contribution in [0.3, 0.4) is 0 Å². The van der Waals surface area contributed by atoms with Gasteiger partial charge in [-0.3, -0.25) is 9.59 Å². The highest BCUT2D eigenvalue weighted by Crippen LogP contribution is 2.10. The highest BCUT2D eigenvalue weighted by molar-refractivity contribution is 5.74. The quantitative estimate of drug-likeness (QED) is 0.590. The Bertz CT molecular complexity index is 202. The van der Waals surface area contributed by atoms with E-state index < -0.39 is 5.92 Å². The summed E-state index contributed by atoms with van der Waals surface area (Å²) in [7, 11) is 2.64. The third-order valence-corrected chi connectivity index (χ3v) is 1.98. The van der Waals surface area contributed by atoms with Crippen LogP contribution in [0.4, 0.5) is 0 Å². The van der Waals surface area contributed by atoms with Crippen molar-refractivity contribution in [2.75, 3.05) is 27.4 Å². The molecule has 1 unspecified atom stereocenters. The molecule has 0 saturated carbocycles. The lowest BCUT2D eigenvalue weighted by Gasteiger charge is -2.13. The fourth-order valence-electron chi connectivity index (χ4n) is 1.09. The number of esters is 2. The van der Waals surface area contributed by atoms with Gasteiger partial charge in [-0.2, -0.15) is 0 Å². The van der Waals surface area contributed by atoms with E-state index in [0.29, 0.717) is 13.0 Å². The van der Waals surface area contributed by atoms with Crippen LogP contribution in [0.25, 0.3) is 0 Å². The Morgan fingerprint density at radius 2 is 1.87 bits per heavy atom. The molecule has 0 aromatic carbocycles. The van der Waals surface area contributed by atoms with E-state index in [4.69, 9.17) is 4.74 Å². The van der Waals surface area contributed by atoms with Gasteiger partial charge in [0.25, 0.3) is 0 Å². The Hall–Kier alpha value is -1.10. The summed E-state index contributed by atoms with van der Waals surface area (Å²) in [6.07, 6.45) is 0.586. The maximum atomic E-state index is 11.3. The number of carbonyl (C=O) groups is 2. The van der Waals surface area contributed by atoms with E-state index in [9.17, 15) is 9.59 Å². The van der Waals surface area contributed by atoms with Crippen molar-refractivity contribution in [3.8, 4) is 0 Å². The summed E-state index contributed by atoms with van der Waals surface area (Å²) in [5.74, 6) is -1.08. The van der Waals surface area contributed by atoms with Crippen molar-refractivity contribution in [2.45, 2.75) is 19.8 Å². The molecule has 0 rings (SSSR count). The minimum Gasteiger partial charge on any atom is -0.469 e. The molecule has 0 aliphatic rings. The van der Waals surface area contributed by atoms with Gasteiger partial charge in [-0.05, 0) is 13.3 Å². The topological polar surface area (TPSA) is 61.8 Å². The smallest absolute Gasteiger partial charge is 0.311 e. The summed E-state index contributed by atoms with van der Waals surface area (Å²) in [6.45, 7) is 2.65. The molecular formula is C10H18O5. The molecule has 0 aromatic heterocycles. The molecule has 15 heavy (non-hydrogen) atoms. The molecule has 0 heterocycles. The van der Waals surface area contributed by atoms with Crippen LogP contribution >= 0.6 is 0 Å². The maximum absolute atomic E-state index is 11.3. The van der Waals surface area contributed by atoms with Crippen molar-refractivity contribution in [3.63, 3.8) is 0 Å². The van der Waals surface area contributed by atoms with Gasteiger partial charge in [-0.15, -0.1) is 0 Å². The number of hydrogen-bond acceptors (Lipinski definition) is 5. The largest absolute Gasteiger partial charge is 0.469 e. The zero-order chi connectivity index (χ0) is 11.7. The van der Waals surface area contributed by atoms with E-state index in [1.165, 1.54) is 14.2 Å². The lowest BCUT2D eigenvalue weighted by Crippen LogP contribution is -2.23. The summed E-state index contributed by atoms with van der Waals surface area (Å²) >= 11 is 0. The molecule has 0 aliphatic carbocycles. The highest BCUT2D eigenvalue weighted by atomic mass is 16.5. The van der Waals surface area contributed by atoms with Gasteiger partial charge in [0.15, 0.2) is 0 Å². The average Bonchev–Trinajstić information content (AvgIpc) is 2.27. The van der Waals surface area contributed by atoms with E-state index in [0.717, 1.165) is 0 Å². The third kappa shape index (κ3) is 6.06. The van der Waals surface area contributed by atoms with Gasteiger partial charge in [0.2, 0.25) is 0 Å². The van der Waals surface area contributed by atoms with Crippen LogP contribution in [0.1, 0.15) is 19.8 Å². The number of ether oxygens (including phenoxy) is 3. The molecule has 1 atom stereocenters. The van der Waals surface area contributed by atoms with Crippen LogP contribution in [0.15, 0.2) is 0 Å². The average molecular weight is 218 g/mol. The molecule has 0 bridgehead atoms. The first-order chi connectivity index (χ1) is 7.15. The van der Waals surface area contributed by atoms with Crippen LogP contribution in [0.5, 0.6) is 0 Å². The van der Waals surface area contributed by atoms with Crippen molar-refractivity contribution >= 4 is 11.9 Å². The van der Waals surface area contributed by atoms with Crippen LogP contribution in [-0.4, -0.2) is 39.4 Å². The van der Waals surface area contributed by atoms with Crippen molar-refractivity contribution < 1.29 is 23.8 Å². The zero-order valence-corrected chi connectivity index (χ0v) is 9.45. The number of carbonyl (C=O) groups excluding carboxylic acids is 2. The van der Waals surface area contributed by atoms with Gasteiger partial charge >= 0.3 is 11.9 Å². The van der Waals surface area contributed by atoms with Gasteiger partial charge < -0.3 is 14.2 Å². The monoisotopic (exact) mass is 218 g/mol. The first-order valence-electron chi connectivity index (χ1n) is 4.88. The predicted octanol–water partition coefficient (Wildman–Crippen LogP) is 0.765. The Morgan fingerprint density at radius 1 is 1.20 bits per heavy atom. The molecule has 0 aliphatic heterocycles. The molecular weight excluding hydrogens is 200 g/mol. The molecule has 0 radical (unpaired) electrons. The summed E-state index contributed by atoms with van der Waals surface area (Å²) in [6, 6.07) is 0. The summed E-state index contributed by atoms with van der Waals surface area (Å²) in [5, 5.41) is 0. The molecule has 0 amide bonds. The SMILES string of the molecule is CCOCC(CCC(=O)OC)C(=O)OC. The Kier molecular flexibility index (Phi) is 7.62. The molecule has 0 spiro atoms. The van der Waals surface area contributed by atoms with Crippen LogP contribution in [-0.2, 0) is 23.8 Å². The molecule has 0 fully saturated rings. The minimum absolute atomic E-state index is 0.198. The fourth-order valence-corrected chi connectivity index (χ4v) is 1.09. The Labute approximate surface area is 89.7 Å². The second kappa shape index (κ2) is 8.23. The van der Waals surface area contributed by atoms with E-state index in [1.807, 2.05) is 6.92 Å². The van der Waals surface area contributed by atoms with Crippen LogP contribution in [0, 0.1) is 5.92 Å². The van der Waals surface area contributed by atoms with Gasteiger partial charge in [0, 0.05) is 13.0 Å². The molecule has 88 valence electrons. The first-order valence-corrected chi connectivity index (χ1v) is 4.88. The molecule has 0 N–H and O–H groups in total. The van der Waals surface area contributed by atoms with E-state index in [2.05, 4.69) is 9.47 Å². The first kappa shape index (κ1) is 13.9. The van der Waals surface area contributed by atoms with Crippen molar-refractivity contribution in [3.05, 3.63) is 0 Å². The molecule has 5 nitrogen and oxygen atoms in total. The van der Waals surface area contributed by atoms with Crippen molar-refractivity contribution in [1.82, 2.24) is 0 Å². The summed E-state index contributed by atoms with van der Waals surface area (Å²) < 4.78 is 14.2. The molecule has 5 heteroatoms. The van der Waals surface area contributed by atoms with Crippen LogP contribution in [0.2, 0.25) is 0 Å². The standard InChI is InChI=1S/C10H18O5/c1-4-15-7-8(10(12)14-3)5-6-9(11)13-2/h8H,4-7H2,1-3H3. The van der Waals surface area contributed by atoms with Crippen LogP contribution < -0.4 is 0 Å². The Balaban J connectivity index is 4.00. The lowest BCUT2D eigenvalue weighted by molar-refractivity contribution is -0.148. The zero-order valence-electron chi connectivity index (χ0n) is 9.45. The van der Waals surface area contributed by atoms with E-state index in [-0.39, 0.29) is 25.0 Å². The van der Waals surface area contributed by atoms with Gasteiger partial charge in [0.05, 0.1) is 26.7 Å².